The third-order valence-electron chi connectivity index (χ3n) is 3.71. The Morgan fingerprint density at radius 1 is 1.26 bits per heavy atom. The van der Waals surface area contributed by atoms with E-state index in [0.29, 0.717) is 0 Å². The number of esters is 1. The zero-order valence-electron chi connectivity index (χ0n) is 12.5. The quantitative estimate of drug-likeness (QED) is 0.814. The second-order valence-corrected chi connectivity index (χ2v) is 5.36. The molecule has 1 aliphatic heterocycles. The minimum atomic E-state index is -1.01. The summed E-state index contributed by atoms with van der Waals surface area (Å²) in [4.78, 5) is 24.3. The summed E-state index contributed by atoms with van der Waals surface area (Å²) in [6, 6.07) is 12.9. The highest BCUT2D eigenvalue weighted by Crippen LogP contribution is 2.29. The molecule has 0 aromatic heterocycles. The van der Waals surface area contributed by atoms with Crippen molar-refractivity contribution in [1.29, 1.82) is 0 Å². The molecule has 0 amide bonds. The van der Waals surface area contributed by atoms with Gasteiger partial charge in [-0.3, -0.25) is 4.79 Å². The molecule has 4 nitrogen and oxygen atoms in total. The highest BCUT2D eigenvalue weighted by molar-refractivity contribution is 6.02. The van der Waals surface area contributed by atoms with E-state index in [1.54, 1.807) is 6.92 Å². The van der Waals surface area contributed by atoms with E-state index >= 15 is 0 Å². The van der Waals surface area contributed by atoms with Gasteiger partial charge in [0.1, 0.15) is 17.7 Å². The molecule has 2 aromatic carbocycles. The zero-order chi connectivity index (χ0) is 16.4. The van der Waals surface area contributed by atoms with E-state index in [-0.39, 0.29) is 23.5 Å². The van der Waals surface area contributed by atoms with Crippen LogP contribution in [-0.4, -0.2) is 17.9 Å². The Bertz CT molecular complexity index is 742. The Hall–Kier alpha value is -2.69. The van der Waals surface area contributed by atoms with Crippen LogP contribution in [0.2, 0.25) is 0 Å². The van der Waals surface area contributed by atoms with E-state index in [2.05, 4.69) is 0 Å². The van der Waals surface area contributed by atoms with Gasteiger partial charge in [-0.2, -0.15) is 0 Å². The second kappa shape index (κ2) is 6.20. The maximum atomic E-state index is 13.2. The minimum absolute atomic E-state index is 0.156. The molecule has 3 rings (SSSR count). The molecule has 2 aromatic rings. The van der Waals surface area contributed by atoms with E-state index < -0.39 is 24.0 Å². The van der Waals surface area contributed by atoms with Crippen molar-refractivity contribution in [1.82, 2.24) is 0 Å². The third kappa shape index (κ3) is 3.23. The fraction of sp³-hybridized carbons (Fsp3) is 0.222. The van der Waals surface area contributed by atoms with Gasteiger partial charge in [0.25, 0.3) is 0 Å². The molecule has 2 atom stereocenters. The van der Waals surface area contributed by atoms with Crippen LogP contribution < -0.4 is 4.74 Å². The molecule has 0 saturated heterocycles. The van der Waals surface area contributed by atoms with E-state index in [0.717, 1.165) is 11.6 Å². The van der Waals surface area contributed by atoms with Crippen LogP contribution in [0.15, 0.2) is 48.5 Å². The van der Waals surface area contributed by atoms with Crippen LogP contribution in [0.1, 0.15) is 35.4 Å². The number of ether oxygens (including phenoxy) is 2. The Morgan fingerprint density at radius 3 is 2.74 bits per heavy atom. The number of hydrogen-bond donors (Lipinski definition) is 0. The van der Waals surface area contributed by atoms with E-state index in [1.807, 2.05) is 30.3 Å². The van der Waals surface area contributed by atoms with Gasteiger partial charge < -0.3 is 9.47 Å². The first kappa shape index (κ1) is 15.2. The SMILES string of the molecule is C[C@@H](OC(=O)C1CC(=O)c2cc(F)ccc2O1)c1ccccc1. The van der Waals surface area contributed by atoms with Crippen molar-refractivity contribution in [2.45, 2.75) is 25.6 Å². The van der Waals surface area contributed by atoms with Gasteiger partial charge in [-0.25, -0.2) is 9.18 Å². The van der Waals surface area contributed by atoms with Crippen molar-refractivity contribution in [2.75, 3.05) is 0 Å². The molecule has 0 saturated carbocycles. The van der Waals surface area contributed by atoms with Gasteiger partial charge in [-0.05, 0) is 30.7 Å². The van der Waals surface area contributed by atoms with E-state index in [9.17, 15) is 14.0 Å². The van der Waals surface area contributed by atoms with Gasteiger partial charge in [0.05, 0.1) is 12.0 Å². The van der Waals surface area contributed by atoms with Gasteiger partial charge in [-0.1, -0.05) is 30.3 Å². The molecule has 1 aliphatic rings. The summed E-state index contributed by atoms with van der Waals surface area (Å²) >= 11 is 0. The number of Topliss-reactive ketones (excluding diaryl/α,β-unsaturated/α-hetero) is 1. The van der Waals surface area contributed by atoms with Crippen LogP contribution >= 0.6 is 0 Å². The van der Waals surface area contributed by atoms with Crippen LogP contribution in [0.5, 0.6) is 5.75 Å². The molecule has 23 heavy (non-hydrogen) atoms. The van der Waals surface area contributed by atoms with Gasteiger partial charge in [0.2, 0.25) is 6.10 Å². The third-order valence-corrected chi connectivity index (χ3v) is 3.71. The predicted molar refractivity (Wildman–Crippen MR) is 80.7 cm³/mol. The molecule has 0 aliphatic carbocycles. The molecule has 0 fully saturated rings. The molecule has 0 spiro atoms. The fourth-order valence-corrected chi connectivity index (χ4v) is 2.47. The number of rotatable bonds is 3. The smallest absolute Gasteiger partial charge is 0.348 e. The second-order valence-electron chi connectivity index (χ2n) is 5.36. The van der Waals surface area contributed by atoms with Crippen LogP contribution in [0.25, 0.3) is 0 Å². The fourth-order valence-electron chi connectivity index (χ4n) is 2.47. The molecular weight excluding hydrogens is 299 g/mol. The topological polar surface area (TPSA) is 52.6 Å². The summed E-state index contributed by atoms with van der Waals surface area (Å²) in [5.41, 5.74) is 1.01. The molecule has 0 radical (unpaired) electrons. The first-order valence-electron chi connectivity index (χ1n) is 7.29. The average Bonchev–Trinajstić information content (AvgIpc) is 2.56. The lowest BCUT2D eigenvalue weighted by atomic mass is 10.0. The van der Waals surface area contributed by atoms with Crippen molar-refractivity contribution in [3.8, 4) is 5.75 Å². The van der Waals surface area contributed by atoms with Gasteiger partial charge in [0, 0.05) is 0 Å². The molecule has 118 valence electrons. The molecular formula is C18H15FO4. The van der Waals surface area contributed by atoms with Crippen molar-refractivity contribution < 1.29 is 23.5 Å². The average molecular weight is 314 g/mol. The van der Waals surface area contributed by atoms with E-state index in [4.69, 9.17) is 9.47 Å². The summed E-state index contributed by atoms with van der Waals surface area (Å²) in [5.74, 6) is -1.25. The summed E-state index contributed by atoms with van der Waals surface area (Å²) in [7, 11) is 0. The van der Waals surface area contributed by atoms with Gasteiger partial charge >= 0.3 is 5.97 Å². The standard InChI is InChI=1S/C18H15FO4/c1-11(12-5-3-2-4-6-12)22-18(21)17-10-15(20)14-9-13(19)7-8-16(14)23-17/h2-9,11,17H,10H2,1H3/t11-,17?/m1/s1. The van der Waals surface area contributed by atoms with Crippen LogP contribution in [0.4, 0.5) is 4.39 Å². The lowest BCUT2D eigenvalue weighted by Crippen LogP contribution is -2.36. The first-order valence-corrected chi connectivity index (χ1v) is 7.29. The zero-order valence-corrected chi connectivity index (χ0v) is 12.5. The molecule has 0 N–H and O–H groups in total. The number of fused-ring (bicyclic) bond motifs is 1. The van der Waals surface area contributed by atoms with Crippen molar-refractivity contribution in [3.63, 3.8) is 0 Å². The maximum Gasteiger partial charge on any atom is 0.348 e. The predicted octanol–water partition coefficient (Wildman–Crippen LogP) is 3.46. The highest BCUT2D eigenvalue weighted by atomic mass is 19.1. The number of carbonyl (C=O) groups is 2. The Labute approximate surface area is 132 Å². The lowest BCUT2D eigenvalue weighted by molar-refractivity contribution is -0.157. The Morgan fingerprint density at radius 2 is 2.00 bits per heavy atom. The monoisotopic (exact) mass is 314 g/mol. The molecule has 5 heteroatoms. The highest BCUT2D eigenvalue weighted by Gasteiger charge is 2.33. The molecule has 0 bridgehead atoms. The summed E-state index contributed by atoms with van der Waals surface area (Å²) in [6.45, 7) is 1.75. The normalized spacial score (nSPS) is 17.8. The van der Waals surface area contributed by atoms with Gasteiger partial charge in [0.15, 0.2) is 5.78 Å². The number of ketones is 1. The number of carbonyl (C=O) groups excluding carboxylic acids is 2. The van der Waals surface area contributed by atoms with Crippen LogP contribution in [0, 0.1) is 5.82 Å². The van der Waals surface area contributed by atoms with E-state index in [1.165, 1.54) is 12.1 Å². The van der Waals surface area contributed by atoms with Crippen molar-refractivity contribution >= 4 is 11.8 Å². The molecule has 1 unspecified atom stereocenters. The van der Waals surface area contributed by atoms with Gasteiger partial charge in [-0.15, -0.1) is 0 Å². The molecule has 1 heterocycles. The Balaban J connectivity index is 1.72. The van der Waals surface area contributed by atoms with Crippen LogP contribution in [-0.2, 0) is 9.53 Å². The number of benzene rings is 2. The lowest BCUT2D eigenvalue weighted by Gasteiger charge is -2.25. The summed E-state index contributed by atoms with van der Waals surface area (Å²) < 4.78 is 24.1. The minimum Gasteiger partial charge on any atom is -0.477 e. The number of halogens is 1. The summed E-state index contributed by atoms with van der Waals surface area (Å²) in [5, 5.41) is 0. The summed E-state index contributed by atoms with van der Waals surface area (Å²) in [6.07, 6.45) is -1.61. The van der Waals surface area contributed by atoms with Crippen molar-refractivity contribution in [2.24, 2.45) is 0 Å². The first-order chi connectivity index (χ1) is 11.0. The van der Waals surface area contributed by atoms with Crippen molar-refractivity contribution in [3.05, 3.63) is 65.5 Å². The maximum absolute atomic E-state index is 13.2. The Kier molecular flexibility index (Phi) is 4.10. The number of hydrogen-bond acceptors (Lipinski definition) is 4. The largest absolute Gasteiger partial charge is 0.477 e. The van der Waals surface area contributed by atoms with Crippen LogP contribution in [0.3, 0.4) is 0 Å².